The number of pyridine rings is 1. The van der Waals surface area contributed by atoms with Crippen molar-refractivity contribution < 1.29 is 0 Å². The SMILES string of the molecule is Cc1ccc2cnc(CCN(C)C)c3cc4c(c1c23)=NN(Cl)N4. The number of likely N-dealkylation sites (N-methyl/N-ethyl adjacent to an activating group) is 1. The normalized spacial score (nSPS) is 13.7. The largest absolute Gasteiger partial charge is 0.309 e. The zero-order chi connectivity index (χ0) is 16.1. The van der Waals surface area contributed by atoms with Gasteiger partial charge in [0.2, 0.25) is 0 Å². The van der Waals surface area contributed by atoms with Crippen molar-refractivity contribution in [1.29, 1.82) is 0 Å². The number of benzene rings is 2. The Morgan fingerprint density at radius 2 is 2.09 bits per heavy atom. The fourth-order valence-electron chi connectivity index (χ4n) is 3.22. The molecule has 0 spiro atoms. The number of aryl methyl sites for hydroxylation is 1. The predicted molar refractivity (Wildman–Crippen MR) is 94.3 cm³/mol. The first-order valence-corrected chi connectivity index (χ1v) is 7.98. The van der Waals surface area contributed by atoms with Crippen LogP contribution in [0.4, 0.5) is 5.69 Å². The van der Waals surface area contributed by atoms with Gasteiger partial charge in [-0.25, -0.2) is 0 Å². The highest BCUT2D eigenvalue weighted by atomic mass is 35.5. The Morgan fingerprint density at radius 1 is 1.26 bits per heavy atom. The van der Waals surface area contributed by atoms with Gasteiger partial charge in [0.25, 0.3) is 0 Å². The van der Waals surface area contributed by atoms with Crippen molar-refractivity contribution in [2.24, 2.45) is 5.10 Å². The molecule has 0 atom stereocenters. The number of nitrogens with one attached hydrogen (secondary N) is 1. The molecule has 0 saturated heterocycles. The molecule has 0 amide bonds. The average Bonchev–Trinajstić information content (AvgIpc) is 2.88. The van der Waals surface area contributed by atoms with Crippen LogP contribution in [0.3, 0.4) is 0 Å². The molecule has 118 valence electrons. The van der Waals surface area contributed by atoms with Crippen molar-refractivity contribution in [3.05, 3.63) is 41.0 Å². The van der Waals surface area contributed by atoms with Gasteiger partial charge < -0.3 is 4.90 Å². The van der Waals surface area contributed by atoms with Crippen LogP contribution in [0.15, 0.2) is 29.5 Å². The Morgan fingerprint density at radius 3 is 2.87 bits per heavy atom. The summed E-state index contributed by atoms with van der Waals surface area (Å²) in [5.41, 5.74) is 6.32. The average molecular weight is 328 g/mol. The van der Waals surface area contributed by atoms with Gasteiger partial charge in [-0.3, -0.25) is 10.4 Å². The van der Waals surface area contributed by atoms with Crippen LogP contribution in [0.25, 0.3) is 21.5 Å². The second-order valence-electron chi connectivity index (χ2n) is 6.27. The number of hydrogen-bond acceptors (Lipinski definition) is 5. The Kier molecular flexibility index (Phi) is 3.28. The van der Waals surface area contributed by atoms with E-state index in [1.165, 1.54) is 21.0 Å². The van der Waals surface area contributed by atoms with Gasteiger partial charge in [0.05, 0.1) is 17.5 Å². The van der Waals surface area contributed by atoms with Crippen molar-refractivity contribution in [3.63, 3.8) is 0 Å². The summed E-state index contributed by atoms with van der Waals surface area (Å²) in [6.07, 6.45) is 2.87. The van der Waals surface area contributed by atoms with Crippen LogP contribution in [0.2, 0.25) is 0 Å². The van der Waals surface area contributed by atoms with E-state index < -0.39 is 0 Å². The van der Waals surface area contributed by atoms with E-state index in [-0.39, 0.29) is 0 Å². The molecule has 5 nitrogen and oxygen atoms in total. The standard InChI is InChI=1S/C17H18ClN5/c1-10-4-5-11-9-19-13(6-7-22(2)3)12-8-14-17(15(10)16(11)12)21-23(18)20-14/h4-5,8-9,20H,6-7H2,1-3H3. The van der Waals surface area contributed by atoms with Crippen LogP contribution >= 0.6 is 11.8 Å². The van der Waals surface area contributed by atoms with Crippen LogP contribution in [0.5, 0.6) is 0 Å². The quantitative estimate of drug-likeness (QED) is 0.751. The number of hydrogen-bond donors (Lipinski definition) is 1. The summed E-state index contributed by atoms with van der Waals surface area (Å²) in [4.78, 5) is 6.88. The number of anilines is 1. The fourth-order valence-corrected chi connectivity index (χ4v) is 3.39. The first-order valence-electron chi connectivity index (χ1n) is 7.64. The van der Waals surface area contributed by atoms with E-state index in [9.17, 15) is 0 Å². The Balaban J connectivity index is 2.07. The second-order valence-corrected chi connectivity index (χ2v) is 6.59. The Bertz CT molecular complexity index is 966. The lowest BCUT2D eigenvalue weighted by molar-refractivity contribution is 0.412. The van der Waals surface area contributed by atoms with E-state index >= 15 is 0 Å². The molecule has 0 bridgehead atoms. The van der Waals surface area contributed by atoms with Gasteiger partial charge in [-0.1, -0.05) is 12.1 Å². The van der Waals surface area contributed by atoms with Crippen LogP contribution in [-0.4, -0.2) is 35.2 Å². The van der Waals surface area contributed by atoms with E-state index in [0.717, 1.165) is 40.5 Å². The van der Waals surface area contributed by atoms with E-state index in [2.05, 4.69) is 54.6 Å². The minimum Gasteiger partial charge on any atom is -0.309 e. The summed E-state index contributed by atoms with van der Waals surface area (Å²) in [6.45, 7) is 3.08. The maximum absolute atomic E-state index is 6.03. The highest BCUT2D eigenvalue weighted by Gasteiger charge is 2.19. The van der Waals surface area contributed by atoms with Crippen molar-refractivity contribution in [1.82, 2.24) is 14.5 Å². The zero-order valence-electron chi connectivity index (χ0n) is 13.4. The minimum atomic E-state index is 0.903. The molecular weight excluding hydrogens is 310 g/mol. The van der Waals surface area contributed by atoms with Gasteiger partial charge in [0.15, 0.2) is 0 Å². The lowest BCUT2D eigenvalue weighted by Gasteiger charge is -2.14. The predicted octanol–water partition coefficient (Wildman–Crippen LogP) is 2.85. The lowest BCUT2D eigenvalue weighted by atomic mass is 9.95. The summed E-state index contributed by atoms with van der Waals surface area (Å²) in [5, 5.41) is 10.0. The molecule has 2 aromatic carbocycles. The number of rotatable bonds is 3. The van der Waals surface area contributed by atoms with Gasteiger partial charge in [0, 0.05) is 46.4 Å². The van der Waals surface area contributed by atoms with Gasteiger partial charge in [-0.05, 0) is 32.6 Å². The van der Waals surface area contributed by atoms with Crippen molar-refractivity contribution in [2.75, 3.05) is 26.1 Å². The van der Waals surface area contributed by atoms with E-state index in [0.29, 0.717) is 0 Å². The Hall–Kier alpha value is -2.11. The van der Waals surface area contributed by atoms with Crippen LogP contribution < -0.4 is 10.8 Å². The molecule has 0 saturated carbocycles. The number of hydrazine groups is 1. The molecule has 0 aliphatic carbocycles. The molecule has 2 heterocycles. The van der Waals surface area contributed by atoms with Gasteiger partial charge in [-0.15, -0.1) is 9.74 Å². The summed E-state index contributed by atoms with van der Waals surface area (Å²) < 4.78 is 1.25. The minimum absolute atomic E-state index is 0.903. The monoisotopic (exact) mass is 327 g/mol. The smallest absolute Gasteiger partial charge is 0.120 e. The van der Waals surface area contributed by atoms with E-state index in [1.807, 2.05) is 6.20 Å². The molecule has 0 fully saturated rings. The summed E-state index contributed by atoms with van der Waals surface area (Å²) in [7, 11) is 4.16. The Labute approximate surface area is 139 Å². The summed E-state index contributed by atoms with van der Waals surface area (Å²) in [6, 6.07) is 6.36. The second kappa shape index (κ2) is 5.22. The molecule has 0 radical (unpaired) electrons. The van der Waals surface area contributed by atoms with Crippen LogP contribution in [0, 0.1) is 6.92 Å². The fraction of sp³-hybridized carbons (Fsp3) is 0.294. The maximum Gasteiger partial charge on any atom is 0.120 e. The number of aromatic nitrogens is 1. The van der Waals surface area contributed by atoms with Crippen molar-refractivity contribution in [3.8, 4) is 0 Å². The summed E-state index contributed by atoms with van der Waals surface area (Å²) in [5.74, 6) is 0. The first kappa shape index (κ1) is 14.5. The summed E-state index contributed by atoms with van der Waals surface area (Å²) >= 11 is 6.03. The molecular formula is C17H18ClN5. The van der Waals surface area contributed by atoms with Gasteiger partial charge >= 0.3 is 0 Å². The molecule has 0 unspecified atom stereocenters. The van der Waals surface area contributed by atoms with Crippen LogP contribution in [-0.2, 0) is 6.42 Å². The van der Waals surface area contributed by atoms with E-state index in [4.69, 9.17) is 16.8 Å². The zero-order valence-corrected chi connectivity index (χ0v) is 14.1. The first-order chi connectivity index (χ1) is 11.0. The van der Waals surface area contributed by atoms with Crippen molar-refractivity contribution in [2.45, 2.75) is 13.3 Å². The third kappa shape index (κ3) is 2.28. The maximum atomic E-state index is 6.03. The highest BCUT2D eigenvalue weighted by Crippen LogP contribution is 2.32. The van der Waals surface area contributed by atoms with Gasteiger partial charge in [-0.2, -0.15) is 0 Å². The number of nitrogens with zero attached hydrogens (tertiary/aromatic N) is 4. The third-order valence-corrected chi connectivity index (χ3v) is 4.52. The molecule has 1 aromatic heterocycles. The molecule has 3 aromatic rings. The van der Waals surface area contributed by atoms with Gasteiger partial charge in [0.1, 0.15) is 5.36 Å². The van der Waals surface area contributed by atoms with Crippen LogP contribution in [0.1, 0.15) is 11.3 Å². The third-order valence-electron chi connectivity index (χ3n) is 4.36. The molecule has 1 aliphatic heterocycles. The lowest BCUT2D eigenvalue weighted by Crippen LogP contribution is -2.16. The van der Waals surface area contributed by atoms with Crippen molar-refractivity contribution >= 4 is 39.0 Å². The molecule has 6 heteroatoms. The number of halogens is 1. The molecule has 23 heavy (non-hydrogen) atoms. The highest BCUT2D eigenvalue weighted by molar-refractivity contribution is 6.16. The molecule has 1 aliphatic rings. The molecule has 4 rings (SSSR count). The molecule has 1 N–H and O–H groups in total. The number of fused-ring (bicyclic) bond motifs is 2. The van der Waals surface area contributed by atoms with E-state index in [1.54, 1.807) is 0 Å². The topological polar surface area (TPSA) is 43.8 Å².